The highest BCUT2D eigenvalue weighted by Gasteiger charge is 2.23. The first-order valence-corrected chi connectivity index (χ1v) is 10.2. The van der Waals surface area contributed by atoms with E-state index in [0.717, 1.165) is 24.0 Å². The van der Waals surface area contributed by atoms with Crippen LogP contribution in [0.15, 0.2) is 48.8 Å². The van der Waals surface area contributed by atoms with Crippen molar-refractivity contribution in [3.63, 3.8) is 0 Å². The molecule has 1 aliphatic heterocycles. The smallest absolute Gasteiger partial charge is 0.223 e. The molecule has 1 fully saturated rings. The summed E-state index contributed by atoms with van der Waals surface area (Å²) in [6, 6.07) is 11.6. The molecule has 1 saturated heterocycles. The van der Waals surface area contributed by atoms with Gasteiger partial charge >= 0.3 is 0 Å². The van der Waals surface area contributed by atoms with Gasteiger partial charge in [0, 0.05) is 56.4 Å². The van der Waals surface area contributed by atoms with Crippen molar-refractivity contribution in [2.75, 3.05) is 26.2 Å². The maximum absolute atomic E-state index is 12.4. The molecule has 1 aliphatic rings. The van der Waals surface area contributed by atoms with E-state index in [1.165, 1.54) is 0 Å². The van der Waals surface area contributed by atoms with Crippen LogP contribution in [0.3, 0.4) is 0 Å². The van der Waals surface area contributed by atoms with Gasteiger partial charge in [-0.05, 0) is 48.6 Å². The lowest BCUT2D eigenvalue weighted by atomic mass is 10.1. The molecule has 3 rings (SSSR count). The Balaban J connectivity index is 1.35. The summed E-state index contributed by atoms with van der Waals surface area (Å²) in [5.74, 6) is 0.329. The first kappa shape index (κ1) is 20.3. The zero-order chi connectivity index (χ0) is 19.8. The lowest BCUT2D eigenvalue weighted by molar-refractivity contribution is -0.139. The molecular weight excluding hydrogens is 374 g/mol. The third-order valence-electron chi connectivity index (χ3n) is 5.10. The van der Waals surface area contributed by atoms with E-state index in [4.69, 9.17) is 11.6 Å². The number of piperazine rings is 1. The molecule has 0 saturated carbocycles. The third kappa shape index (κ3) is 6.06. The number of pyridine rings is 1. The summed E-state index contributed by atoms with van der Waals surface area (Å²) in [7, 11) is 0. The van der Waals surface area contributed by atoms with Crippen LogP contribution in [-0.2, 0) is 22.4 Å². The van der Waals surface area contributed by atoms with Gasteiger partial charge in [0.2, 0.25) is 11.8 Å². The molecule has 5 nitrogen and oxygen atoms in total. The first-order valence-electron chi connectivity index (χ1n) is 9.81. The standard InChI is InChI=1S/C22H26ClN3O2/c23-20-9-6-18(7-10-20)8-11-22(28)26-15-13-25(14-16-26)21(27)5-1-3-19-4-2-12-24-17-19/h2,4,6-7,9-10,12,17H,1,3,5,8,11,13-16H2. The fourth-order valence-electron chi connectivity index (χ4n) is 3.41. The van der Waals surface area contributed by atoms with Crippen LogP contribution in [0.25, 0.3) is 0 Å². The second-order valence-corrected chi connectivity index (χ2v) is 7.54. The van der Waals surface area contributed by atoms with Crippen LogP contribution < -0.4 is 0 Å². The van der Waals surface area contributed by atoms with Crippen molar-refractivity contribution in [3.8, 4) is 0 Å². The number of rotatable bonds is 7. The van der Waals surface area contributed by atoms with Crippen LogP contribution >= 0.6 is 11.6 Å². The van der Waals surface area contributed by atoms with Gasteiger partial charge in [0.15, 0.2) is 0 Å². The minimum Gasteiger partial charge on any atom is -0.339 e. The van der Waals surface area contributed by atoms with Crippen LogP contribution in [-0.4, -0.2) is 52.8 Å². The zero-order valence-corrected chi connectivity index (χ0v) is 16.8. The number of amides is 2. The average Bonchev–Trinajstić information content (AvgIpc) is 2.74. The molecule has 148 valence electrons. The third-order valence-corrected chi connectivity index (χ3v) is 5.36. The summed E-state index contributed by atoms with van der Waals surface area (Å²) < 4.78 is 0. The lowest BCUT2D eigenvalue weighted by Crippen LogP contribution is -2.50. The van der Waals surface area contributed by atoms with E-state index >= 15 is 0 Å². The van der Waals surface area contributed by atoms with Crippen molar-refractivity contribution >= 4 is 23.4 Å². The summed E-state index contributed by atoms with van der Waals surface area (Å²) in [6.07, 6.45) is 7.03. The Morgan fingerprint density at radius 3 is 2.11 bits per heavy atom. The fraction of sp³-hybridized carbons (Fsp3) is 0.409. The molecule has 0 aliphatic carbocycles. The zero-order valence-electron chi connectivity index (χ0n) is 16.0. The molecule has 6 heteroatoms. The molecule has 0 radical (unpaired) electrons. The predicted molar refractivity (Wildman–Crippen MR) is 110 cm³/mol. The van der Waals surface area contributed by atoms with Crippen molar-refractivity contribution in [2.24, 2.45) is 0 Å². The molecule has 1 aromatic heterocycles. The maximum Gasteiger partial charge on any atom is 0.223 e. The van der Waals surface area contributed by atoms with Gasteiger partial charge in [-0.2, -0.15) is 0 Å². The first-order chi connectivity index (χ1) is 13.6. The maximum atomic E-state index is 12.4. The van der Waals surface area contributed by atoms with Gasteiger partial charge in [-0.3, -0.25) is 14.6 Å². The van der Waals surface area contributed by atoms with Crippen LogP contribution in [0.5, 0.6) is 0 Å². The molecule has 2 heterocycles. The molecule has 28 heavy (non-hydrogen) atoms. The molecule has 1 aromatic carbocycles. The van der Waals surface area contributed by atoms with Crippen LogP contribution in [0.2, 0.25) is 5.02 Å². The van der Waals surface area contributed by atoms with Crippen molar-refractivity contribution in [1.82, 2.24) is 14.8 Å². The molecule has 0 atom stereocenters. The number of carbonyl (C=O) groups excluding carboxylic acids is 2. The van der Waals surface area contributed by atoms with Crippen LogP contribution in [0.4, 0.5) is 0 Å². The van der Waals surface area contributed by atoms with Crippen LogP contribution in [0, 0.1) is 0 Å². The lowest BCUT2D eigenvalue weighted by Gasteiger charge is -2.35. The van der Waals surface area contributed by atoms with Crippen molar-refractivity contribution in [2.45, 2.75) is 32.1 Å². The Kier molecular flexibility index (Phi) is 7.43. The quantitative estimate of drug-likeness (QED) is 0.717. The highest BCUT2D eigenvalue weighted by atomic mass is 35.5. The largest absolute Gasteiger partial charge is 0.339 e. The molecular formula is C22H26ClN3O2. The topological polar surface area (TPSA) is 53.5 Å². The number of hydrogen-bond donors (Lipinski definition) is 0. The summed E-state index contributed by atoms with van der Waals surface area (Å²) >= 11 is 5.89. The Morgan fingerprint density at radius 1 is 0.857 bits per heavy atom. The second kappa shape index (κ2) is 10.2. The molecule has 0 spiro atoms. The van der Waals surface area contributed by atoms with E-state index < -0.39 is 0 Å². The van der Waals surface area contributed by atoms with Crippen molar-refractivity contribution < 1.29 is 9.59 Å². The predicted octanol–water partition coefficient (Wildman–Crippen LogP) is 3.36. The summed E-state index contributed by atoms with van der Waals surface area (Å²) in [5, 5.41) is 0.705. The van der Waals surface area contributed by atoms with Gasteiger partial charge in [-0.25, -0.2) is 0 Å². The molecule has 0 unspecified atom stereocenters. The molecule has 0 N–H and O–H groups in total. The van der Waals surface area contributed by atoms with Crippen LogP contribution in [0.1, 0.15) is 30.4 Å². The summed E-state index contributed by atoms with van der Waals surface area (Å²) in [6.45, 7) is 2.48. The van der Waals surface area contributed by atoms with E-state index in [9.17, 15) is 9.59 Å². The number of aromatic nitrogens is 1. The van der Waals surface area contributed by atoms with E-state index in [-0.39, 0.29) is 11.8 Å². The van der Waals surface area contributed by atoms with Gasteiger partial charge in [-0.15, -0.1) is 0 Å². The minimum atomic E-state index is 0.152. The number of carbonyl (C=O) groups is 2. The highest BCUT2D eigenvalue weighted by Crippen LogP contribution is 2.13. The van der Waals surface area contributed by atoms with Gasteiger partial charge in [0.25, 0.3) is 0 Å². The van der Waals surface area contributed by atoms with Crippen molar-refractivity contribution in [3.05, 3.63) is 64.9 Å². The van der Waals surface area contributed by atoms with Crippen molar-refractivity contribution in [1.29, 1.82) is 0 Å². The molecule has 2 amide bonds. The number of benzene rings is 1. The normalized spacial score (nSPS) is 14.2. The number of aryl methyl sites for hydroxylation is 2. The van der Waals surface area contributed by atoms with E-state index in [1.807, 2.05) is 52.4 Å². The van der Waals surface area contributed by atoms with E-state index in [0.29, 0.717) is 50.5 Å². The minimum absolute atomic E-state index is 0.152. The van der Waals surface area contributed by atoms with Gasteiger partial charge in [0.05, 0.1) is 0 Å². The Hall–Kier alpha value is -2.40. The van der Waals surface area contributed by atoms with Gasteiger partial charge in [0.1, 0.15) is 0 Å². The average molecular weight is 400 g/mol. The van der Waals surface area contributed by atoms with Gasteiger partial charge in [-0.1, -0.05) is 29.8 Å². The Morgan fingerprint density at radius 2 is 1.50 bits per heavy atom. The monoisotopic (exact) mass is 399 g/mol. The fourth-order valence-corrected chi connectivity index (χ4v) is 3.54. The SMILES string of the molecule is O=C(CCCc1cccnc1)N1CCN(C(=O)CCc2ccc(Cl)cc2)CC1. The second-order valence-electron chi connectivity index (χ2n) is 7.10. The highest BCUT2D eigenvalue weighted by molar-refractivity contribution is 6.30. The molecule has 0 bridgehead atoms. The number of nitrogens with zero attached hydrogens (tertiary/aromatic N) is 3. The van der Waals surface area contributed by atoms with E-state index in [1.54, 1.807) is 6.20 Å². The number of halogens is 1. The Labute approximate surface area is 171 Å². The Bertz CT molecular complexity index is 772. The molecule has 2 aromatic rings. The number of hydrogen-bond acceptors (Lipinski definition) is 3. The summed E-state index contributed by atoms with van der Waals surface area (Å²) in [4.78, 5) is 32.7. The summed E-state index contributed by atoms with van der Waals surface area (Å²) in [5.41, 5.74) is 2.27. The van der Waals surface area contributed by atoms with E-state index in [2.05, 4.69) is 4.98 Å². The van der Waals surface area contributed by atoms with Gasteiger partial charge < -0.3 is 9.80 Å².